The third-order valence-corrected chi connectivity index (χ3v) is 7.53. The van der Waals surface area contributed by atoms with Crippen molar-refractivity contribution in [3.63, 3.8) is 0 Å². The van der Waals surface area contributed by atoms with Crippen LogP contribution in [0.5, 0.6) is 0 Å². The Kier molecular flexibility index (Phi) is 6.16. The van der Waals surface area contributed by atoms with Gasteiger partial charge in [0.15, 0.2) is 0 Å². The highest BCUT2D eigenvalue weighted by atomic mass is 35.5. The molecule has 5 unspecified atom stereocenters. The SMILES string of the molecule is Cc1ccc(C(=O)Nc2ccc(C)c(C3CC4CNC(C)CC4[N+](C)([O-])C3=O)c2)cc1Cl. The first-order valence-electron chi connectivity index (χ1n) is 11.1. The lowest BCUT2D eigenvalue weighted by molar-refractivity contribution is -0.822. The van der Waals surface area contributed by atoms with Gasteiger partial charge < -0.3 is 15.8 Å². The molecule has 5 atom stereocenters. The molecule has 7 heteroatoms. The van der Waals surface area contributed by atoms with E-state index >= 15 is 0 Å². The molecule has 170 valence electrons. The lowest BCUT2D eigenvalue weighted by Crippen LogP contribution is -2.65. The number of hydrogen-bond acceptors (Lipinski definition) is 4. The van der Waals surface area contributed by atoms with Crippen molar-refractivity contribution in [1.29, 1.82) is 0 Å². The smallest absolute Gasteiger partial charge is 0.321 e. The van der Waals surface area contributed by atoms with Gasteiger partial charge in [-0.2, -0.15) is 0 Å². The Balaban J connectivity index is 1.60. The molecule has 0 bridgehead atoms. The Morgan fingerprint density at radius 2 is 1.88 bits per heavy atom. The van der Waals surface area contributed by atoms with Crippen molar-refractivity contribution in [3.8, 4) is 0 Å². The molecule has 0 aromatic heterocycles. The second kappa shape index (κ2) is 8.60. The van der Waals surface area contributed by atoms with Gasteiger partial charge in [0.25, 0.3) is 5.91 Å². The molecule has 2 aromatic carbocycles. The van der Waals surface area contributed by atoms with E-state index in [0.717, 1.165) is 23.2 Å². The molecule has 0 saturated carbocycles. The zero-order valence-electron chi connectivity index (χ0n) is 18.9. The number of hydroxylamine groups is 3. The fraction of sp³-hybridized carbons (Fsp3) is 0.440. The number of nitrogens with one attached hydrogen (secondary N) is 2. The summed E-state index contributed by atoms with van der Waals surface area (Å²) in [5.41, 5.74) is 3.71. The molecule has 2 N–H and O–H groups in total. The van der Waals surface area contributed by atoms with Crippen molar-refractivity contribution in [3.05, 3.63) is 68.9 Å². The minimum absolute atomic E-state index is 0.142. The number of likely N-dealkylation sites (tertiary alicyclic amines) is 1. The number of hydrogen-bond donors (Lipinski definition) is 2. The maximum atomic E-state index is 13.4. The van der Waals surface area contributed by atoms with Crippen LogP contribution in [0.1, 0.15) is 52.7 Å². The van der Waals surface area contributed by atoms with Crippen molar-refractivity contribution >= 4 is 29.1 Å². The number of likely N-dealkylation sites (N-methyl/N-ethyl adjacent to an activating group) is 1. The van der Waals surface area contributed by atoms with Crippen LogP contribution in [-0.4, -0.2) is 42.1 Å². The zero-order chi connectivity index (χ0) is 23.2. The number of halogens is 1. The van der Waals surface area contributed by atoms with E-state index in [-0.39, 0.29) is 29.8 Å². The summed E-state index contributed by atoms with van der Waals surface area (Å²) in [5.74, 6) is -0.910. The molecule has 4 rings (SSSR count). The van der Waals surface area contributed by atoms with Gasteiger partial charge >= 0.3 is 5.91 Å². The van der Waals surface area contributed by atoms with Crippen molar-refractivity contribution in [2.75, 3.05) is 18.9 Å². The fourth-order valence-electron chi connectivity index (χ4n) is 5.14. The van der Waals surface area contributed by atoms with Gasteiger partial charge in [0.2, 0.25) is 0 Å². The first-order valence-corrected chi connectivity index (χ1v) is 11.5. The van der Waals surface area contributed by atoms with E-state index in [4.69, 9.17) is 11.6 Å². The Morgan fingerprint density at radius 3 is 2.59 bits per heavy atom. The topological polar surface area (TPSA) is 81.3 Å². The van der Waals surface area contributed by atoms with E-state index in [2.05, 4.69) is 17.6 Å². The molecule has 2 saturated heterocycles. The Labute approximate surface area is 194 Å². The van der Waals surface area contributed by atoms with Gasteiger partial charge in [-0.05, 0) is 68.1 Å². The van der Waals surface area contributed by atoms with Crippen molar-refractivity contribution in [1.82, 2.24) is 5.32 Å². The Morgan fingerprint density at radius 1 is 1.16 bits per heavy atom. The summed E-state index contributed by atoms with van der Waals surface area (Å²) in [6.07, 6.45) is 1.35. The molecule has 2 aliphatic rings. The molecule has 2 aromatic rings. The number of amides is 2. The third-order valence-electron chi connectivity index (χ3n) is 7.12. The van der Waals surface area contributed by atoms with E-state index in [0.29, 0.717) is 29.1 Å². The van der Waals surface area contributed by atoms with Crippen LogP contribution in [0.4, 0.5) is 5.69 Å². The highest BCUT2D eigenvalue weighted by molar-refractivity contribution is 6.31. The molecule has 2 aliphatic heterocycles. The van der Waals surface area contributed by atoms with E-state index in [9.17, 15) is 14.8 Å². The van der Waals surface area contributed by atoms with Crippen LogP contribution in [0.3, 0.4) is 0 Å². The van der Waals surface area contributed by atoms with Gasteiger partial charge in [-0.3, -0.25) is 9.44 Å². The number of anilines is 1. The van der Waals surface area contributed by atoms with Crippen molar-refractivity contribution < 1.29 is 14.2 Å². The number of carbonyl (C=O) groups is 2. The summed E-state index contributed by atoms with van der Waals surface area (Å²) in [6.45, 7) is 6.63. The highest BCUT2D eigenvalue weighted by Crippen LogP contribution is 2.42. The lowest BCUT2D eigenvalue weighted by atomic mass is 9.74. The molecular formula is C25H30ClN3O3. The number of benzene rings is 2. The normalized spacial score (nSPS) is 30.0. The van der Waals surface area contributed by atoms with Crippen LogP contribution in [0, 0.1) is 25.0 Å². The molecule has 2 fully saturated rings. The van der Waals surface area contributed by atoms with Crippen molar-refractivity contribution in [2.45, 2.75) is 51.6 Å². The van der Waals surface area contributed by atoms with E-state index in [1.807, 2.05) is 32.0 Å². The predicted molar refractivity (Wildman–Crippen MR) is 127 cm³/mol. The van der Waals surface area contributed by atoms with Crippen LogP contribution in [0.2, 0.25) is 5.02 Å². The third kappa shape index (κ3) is 4.20. The second-order valence-electron chi connectivity index (χ2n) is 9.48. The average Bonchev–Trinajstić information content (AvgIpc) is 2.75. The maximum Gasteiger partial charge on any atom is 0.321 e. The number of rotatable bonds is 3. The predicted octanol–water partition coefficient (Wildman–Crippen LogP) is 4.53. The van der Waals surface area contributed by atoms with E-state index in [1.165, 1.54) is 7.05 Å². The van der Waals surface area contributed by atoms with Gasteiger partial charge in [0.1, 0.15) is 12.0 Å². The minimum atomic E-state index is -0.834. The molecule has 6 nitrogen and oxygen atoms in total. The summed E-state index contributed by atoms with van der Waals surface area (Å²) in [4.78, 5) is 26.1. The highest BCUT2D eigenvalue weighted by Gasteiger charge is 2.50. The number of carbonyl (C=O) groups excluding carboxylic acids is 2. The molecule has 2 heterocycles. The summed E-state index contributed by atoms with van der Waals surface area (Å²) in [7, 11) is 1.51. The monoisotopic (exact) mass is 455 g/mol. The van der Waals surface area contributed by atoms with Gasteiger partial charge in [0, 0.05) is 41.2 Å². The molecule has 32 heavy (non-hydrogen) atoms. The van der Waals surface area contributed by atoms with Crippen LogP contribution in [-0.2, 0) is 4.79 Å². The van der Waals surface area contributed by atoms with Crippen molar-refractivity contribution in [2.24, 2.45) is 5.92 Å². The van der Waals surface area contributed by atoms with Gasteiger partial charge in [-0.15, -0.1) is 0 Å². The number of quaternary nitrogens is 1. The van der Waals surface area contributed by atoms with Crippen LogP contribution in [0.25, 0.3) is 0 Å². The average molecular weight is 456 g/mol. The Hall–Kier alpha value is -2.25. The van der Waals surface area contributed by atoms with Crippen LogP contribution < -0.4 is 10.6 Å². The molecule has 0 spiro atoms. The van der Waals surface area contributed by atoms with E-state index in [1.54, 1.807) is 18.2 Å². The van der Waals surface area contributed by atoms with Crippen LogP contribution in [0.15, 0.2) is 36.4 Å². The van der Waals surface area contributed by atoms with Crippen LogP contribution >= 0.6 is 11.6 Å². The number of piperidine rings is 2. The number of nitrogens with zero attached hydrogens (tertiary/aromatic N) is 1. The molecule has 0 radical (unpaired) electrons. The van der Waals surface area contributed by atoms with Gasteiger partial charge in [-0.25, -0.2) is 4.79 Å². The first kappa shape index (κ1) is 22.9. The molecule has 0 aliphatic carbocycles. The summed E-state index contributed by atoms with van der Waals surface area (Å²) < 4.78 is -0.834. The summed E-state index contributed by atoms with van der Waals surface area (Å²) in [5, 5.41) is 20.3. The standard InChI is InChI=1S/C25H30ClN3O3/c1-14-6-8-19(28-24(30)17-7-5-15(2)22(26)11-17)12-20(14)21-10-18-13-27-16(3)9-23(18)29(4,32)25(21)31/h5-8,11-12,16,18,21,23,27H,9-10,13H2,1-4H3,(H,28,30). The fourth-order valence-corrected chi connectivity index (χ4v) is 5.32. The van der Waals surface area contributed by atoms with E-state index < -0.39 is 10.6 Å². The maximum absolute atomic E-state index is 13.4. The zero-order valence-corrected chi connectivity index (χ0v) is 19.7. The molecule has 2 amide bonds. The number of aryl methyl sites for hydroxylation is 2. The summed E-state index contributed by atoms with van der Waals surface area (Å²) in [6, 6.07) is 10.8. The van der Waals surface area contributed by atoms with Gasteiger partial charge in [-0.1, -0.05) is 23.7 Å². The quantitative estimate of drug-likeness (QED) is 0.526. The number of fused-ring (bicyclic) bond motifs is 1. The molecular weight excluding hydrogens is 426 g/mol. The summed E-state index contributed by atoms with van der Waals surface area (Å²) >= 11 is 6.16. The van der Waals surface area contributed by atoms with Gasteiger partial charge in [0.05, 0.1) is 7.05 Å². The first-order chi connectivity index (χ1) is 15.1. The minimum Gasteiger partial charge on any atom is -0.625 e. The lowest BCUT2D eigenvalue weighted by Gasteiger charge is -2.54. The Bertz CT molecular complexity index is 1070. The second-order valence-corrected chi connectivity index (χ2v) is 9.89. The largest absolute Gasteiger partial charge is 0.625 e.